The van der Waals surface area contributed by atoms with Crippen LogP contribution >= 0.6 is 11.6 Å². The fraction of sp³-hybridized carbons (Fsp3) is 0.500. The van der Waals surface area contributed by atoms with Crippen LogP contribution in [-0.4, -0.2) is 19.1 Å². The Morgan fingerprint density at radius 1 is 1.39 bits per heavy atom. The highest BCUT2D eigenvalue weighted by atomic mass is 35.5. The van der Waals surface area contributed by atoms with Crippen LogP contribution in [-0.2, 0) is 6.18 Å². The number of halogens is 4. The van der Waals surface area contributed by atoms with E-state index in [1.165, 1.54) is 6.07 Å². The standard InChI is InChI=1S/C12H14ClF3N2/c13-10-4-3-8(12(14,15)16)6-11(10)18-7-9-2-1-5-17-9/h3-4,6,9,17-18H,1-2,5,7H2/t9-/m1/s1. The molecule has 0 bridgehead atoms. The summed E-state index contributed by atoms with van der Waals surface area (Å²) in [5.41, 5.74) is -0.353. The minimum absolute atomic E-state index is 0.301. The summed E-state index contributed by atoms with van der Waals surface area (Å²) in [5.74, 6) is 0. The van der Waals surface area contributed by atoms with E-state index >= 15 is 0 Å². The van der Waals surface area contributed by atoms with Crippen LogP contribution in [0.25, 0.3) is 0 Å². The third kappa shape index (κ3) is 3.29. The number of benzene rings is 1. The van der Waals surface area contributed by atoms with E-state index in [4.69, 9.17) is 11.6 Å². The predicted octanol–water partition coefficient (Wildman–Crippen LogP) is 3.52. The fourth-order valence-corrected chi connectivity index (χ4v) is 2.19. The normalized spacial score (nSPS) is 20.1. The van der Waals surface area contributed by atoms with Gasteiger partial charge in [-0.05, 0) is 37.6 Å². The van der Waals surface area contributed by atoms with Gasteiger partial charge in [-0.1, -0.05) is 11.6 Å². The molecule has 0 radical (unpaired) electrons. The lowest BCUT2D eigenvalue weighted by atomic mass is 10.1. The third-order valence-electron chi connectivity index (χ3n) is 2.99. The van der Waals surface area contributed by atoms with Gasteiger partial charge >= 0.3 is 6.18 Å². The molecule has 1 aromatic carbocycles. The van der Waals surface area contributed by atoms with Crippen LogP contribution < -0.4 is 10.6 Å². The minimum atomic E-state index is -4.34. The molecule has 0 unspecified atom stereocenters. The highest BCUT2D eigenvalue weighted by Gasteiger charge is 2.31. The fourth-order valence-electron chi connectivity index (χ4n) is 2.00. The lowest BCUT2D eigenvalue weighted by molar-refractivity contribution is -0.137. The highest BCUT2D eigenvalue weighted by molar-refractivity contribution is 6.33. The average molecular weight is 279 g/mol. The van der Waals surface area contributed by atoms with Gasteiger partial charge in [0.2, 0.25) is 0 Å². The molecule has 6 heteroatoms. The van der Waals surface area contributed by atoms with Crippen LogP contribution in [0.5, 0.6) is 0 Å². The van der Waals surface area contributed by atoms with Crippen molar-refractivity contribution < 1.29 is 13.2 Å². The van der Waals surface area contributed by atoms with Gasteiger partial charge in [-0.25, -0.2) is 0 Å². The Kier molecular flexibility index (Phi) is 4.02. The van der Waals surface area contributed by atoms with Gasteiger partial charge in [-0.15, -0.1) is 0 Å². The topological polar surface area (TPSA) is 24.1 Å². The van der Waals surface area contributed by atoms with E-state index in [1.54, 1.807) is 0 Å². The van der Waals surface area contributed by atoms with Crippen LogP contribution in [0.15, 0.2) is 18.2 Å². The second-order valence-corrected chi connectivity index (χ2v) is 4.77. The smallest absolute Gasteiger partial charge is 0.382 e. The number of rotatable bonds is 3. The molecule has 2 rings (SSSR count). The maximum Gasteiger partial charge on any atom is 0.416 e. The molecular formula is C12H14ClF3N2. The number of hydrogen-bond donors (Lipinski definition) is 2. The van der Waals surface area contributed by atoms with Crippen molar-refractivity contribution in [2.24, 2.45) is 0 Å². The number of hydrogen-bond acceptors (Lipinski definition) is 2. The van der Waals surface area contributed by atoms with E-state index in [0.29, 0.717) is 23.3 Å². The van der Waals surface area contributed by atoms with E-state index in [-0.39, 0.29) is 0 Å². The summed E-state index contributed by atoms with van der Waals surface area (Å²) < 4.78 is 37.7. The van der Waals surface area contributed by atoms with Gasteiger partial charge in [0, 0.05) is 12.6 Å². The largest absolute Gasteiger partial charge is 0.416 e. The second-order valence-electron chi connectivity index (χ2n) is 4.37. The minimum Gasteiger partial charge on any atom is -0.382 e. The molecule has 0 aliphatic carbocycles. The van der Waals surface area contributed by atoms with Crippen molar-refractivity contribution in [3.05, 3.63) is 28.8 Å². The first-order chi connectivity index (χ1) is 8.47. The van der Waals surface area contributed by atoms with Crippen LogP contribution in [0, 0.1) is 0 Å². The Morgan fingerprint density at radius 2 is 2.17 bits per heavy atom. The molecule has 1 heterocycles. The Hall–Kier alpha value is -0.940. The molecule has 1 atom stereocenters. The number of alkyl halides is 3. The summed E-state index contributed by atoms with van der Waals surface area (Å²) in [6.45, 7) is 1.55. The zero-order valence-corrected chi connectivity index (χ0v) is 10.4. The van der Waals surface area contributed by atoms with Crippen LogP contribution in [0.3, 0.4) is 0 Å². The first-order valence-electron chi connectivity index (χ1n) is 5.81. The molecule has 1 aliphatic rings. The van der Waals surface area contributed by atoms with Crippen molar-refractivity contribution >= 4 is 17.3 Å². The quantitative estimate of drug-likeness (QED) is 0.884. The summed E-state index contributed by atoms with van der Waals surface area (Å²) in [4.78, 5) is 0. The van der Waals surface area contributed by atoms with Crippen molar-refractivity contribution in [1.29, 1.82) is 0 Å². The zero-order chi connectivity index (χ0) is 13.2. The van der Waals surface area contributed by atoms with E-state index in [9.17, 15) is 13.2 Å². The van der Waals surface area contributed by atoms with E-state index in [2.05, 4.69) is 10.6 Å². The molecule has 2 nitrogen and oxygen atoms in total. The molecular weight excluding hydrogens is 265 g/mol. The molecule has 1 aromatic rings. The molecule has 18 heavy (non-hydrogen) atoms. The van der Waals surface area contributed by atoms with Gasteiger partial charge in [-0.3, -0.25) is 0 Å². The molecule has 0 spiro atoms. The van der Waals surface area contributed by atoms with Gasteiger partial charge < -0.3 is 10.6 Å². The summed E-state index contributed by atoms with van der Waals surface area (Å²) in [5, 5.41) is 6.54. The highest BCUT2D eigenvalue weighted by Crippen LogP contribution is 2.33. The lowest BCUT2D eigenvalue weighted by Crippen LogP contribution is -2.29. The van der Waals surface area contributed by atoms with Crippen LogP contribution in [0.2, 0.25) is 5.02 Å². The van der Waals surface area contributed by atoms with E-state index in [0.717, 1.165) is 31.5 Å². The molecule has 1 fully saturated rings. The van der Waals surface area contributed by atoms with E-state index in [1.807, 2.05) is 0 Å². The van der Waals surface area contributed by atoms with E-state index < -0.39 is 11.7 Å². The van der Waals surface area contributed by atoms with Crippen molar-refractivity contribution in [2.75, 3.05) is 18.4 Å². The Bertz CT molecular complexity index is 414. The van der Waals surface area contributed by atoms with Gasteiger partial charge in [0.15, 0.2) is 0 Å². The molecule has 1 saturated heterocycles. The summed E-state index contributed by atoms with van der Waals surface area (Å²) >= 11 is 5.88. The Balaban J connectivity index is 2.06. The predicted molar refractivity (Wildman–Crippen MR) is 66.0 cm³/mol. The van der Waals surface area contributed by atoms with Crippen LogP contribution in [0.4, 0.5) is 18.9 Å². The van der Waals surface area contributed by atoms with Gasteiger partial charge in [-0.2, -0.15) is 13.2 Å². The molecule has 0 amide bonds. The monoisotopic (exact) mass is 278 g/mol. The number of anilines is 1. The average Bonchev–Trinajstić information content (AvgIpc) is 2.79. The maximum atomic E-state index is 12.6. The molecule has 100 valence electrons. The second kappa shape index (κ2) is 5.36. The maximum absolute atomic E-state index is 12.6. The van der Waals surface area contributed by atoms with Crippen molar-refractivity contribution in [2.45, 2.75) is 25.1 Å². The zero-order valence-electron chi connectivity index (χ0n) is 9.65. The van der Waals surface area contributed by atoms with Crippen LogP contribution in [0.1, 0.15) is 18.4 Å². The Morgan fingerprint density at radius 3 is 2.78 bits per heavy atom. The molecule has 0 aromatic heterocycles. The molecule has 1 aliphatic heterocycles. The molecule has 2 N–H and O–H groups in total. The lowest BCUT2D eigenvalue weighted by Gasteiger charge is -2.15. The van der Waals surface area contributed by atoms with Gasteiger partial charge in [0.25, 0.3) is 0 Å². The number of nitrogens with one attached hydrogen (secondary N) is 2. The van der Waals surface area contributed by atoms with Gasteiger partial charge in [0.05, 0.1) is 16.3 Å². The van der Waals surface area contributed by atoms with Gasteiger partial charge in [0.1, 0.15) is 0 Å². The first kappa shape index (κ1) is 13.5. The SMILES string of the molecule is FC(F)(F)c1ccc(Cl)c(NC[C@H]2CCCN2)c1. The first-order valence-corrected chi connectivity index (χ1v) is 6.18. The summed E-state index contributed by atoms with van der Waals surface area (Å²) in [6, 6.07) is 3.61. The summed E-state index contributed by atoms with van der Waals surface area (Å²) in [6.07, 6.45) is -2.21. The van der Waals surface area contributed by atoms with Crippen molar-refractivity contribution in [3.63, 3.8) is 0 Å². The Labute approximate surface area is 109 Å². The summed E-state index contributed by atoms with van der Waals surface area (Å²) in [7, 11) is 0. The third-order valence-corrected chi connectivity index (χ3v) is 3.32. The van der Waals surface area contributed by atoms with Crippen molar-refractivity contribution in [3.8, 4) is 0 Å². The van der Waals surface area contributed by atoms with Crippen molar-refractivity contribution in [1.82, 2.24) is 5.32 Å². The molecule has 0 saturated carbocycles.